The van der Waals surface area contributed by atoms with Gasteiger partial charge in [-0.25, -0.2) is 0 Å². The van der Waals surface area contributed by atoms with E-state index in [0.29, 0.717) is 22.6 Å². The fourth-order valence-electron chi connectivity index (χ4n) is 3.47. The molecule has 1 aromatic carbocycles. The van der Waals surface area contributed by atoms with Gasteiger partial charge in [-0.15, -0.1) is 0 Å². The monoisotopic (exact) mass is 309 g/mol. The van der Waals surface area contributed by atoms with Crippen molar-refractivity contribution in [3.05, 3.63) is 23.3 Å². The molecular weight excluding hydrogens is 294 g/mol. The first-order chi connectivity index (χ1) is 10.5. The Kier molecular flexibility index (Phi) is 2.85. The minimum Gasteiger partial charge on any atom is -0.454 e. The summed E-state index contributed by atoms with van der Waals surface area (Å²) >= 11 is 0. The van der Waals surface area contributed by atoms with Crippen molar-refractivity contribution in [1.29, 1.82) is 0 Å². The number of carbonyl (C=O) groups is 1. The maximum Gasteiger partial charge on any atom is 0.252 e. The molecule has 118 valence electrons. The summed E-state index contributed by atoms with van der Waals surface area (Å²) in [5, 5.41) is 42.7. The lowest BCUT2D eigenvalue weighted by Gasteiger charge is -2.47. The molecule has 8 heteroatoms. The Bertz CT molecular complexity index is 648. The van der Waals surface area contributed by atoms with E-state index >= 15 is 0 Å². The molecule has 0 spiro atoms. The Hall–Kier alpha value is -1.87. The number of aliphatic hydroxyl groups excluding tert-OH is 4. The number of benzene rings is 1. The SMILES string of the molecule is O=C1N[C@H]2[C@H](O)[C@H](O)[C@@H](O)[C@@H](O)[C@H]2c2cc3c(cc21)OCO3. The van der Waals surface area contributed by atoms with E-state index in [9.17, 15) is 25.2 Å². The molecule has 0 bridgehead atoms. The molecule has 0 saturated heterocycles. The van der Waals surface area contributed by atoms with Crippen LogP contribution < -0.4 is 14.8 Å². The molecule has 1 saturated carbocycles. The van der Waals surface area contributed by atoms with Crippen LogP contribution in [-0.4, -0.2) is 63.6 Å². The molecular formula is C14H15NO7. The molecule has 3 aliphatic rings. The van der Waals surface area contributed by atoms with Crippen LogP contribution in [-0.2, 0) is 0 Å². The predicted octanol–water partition coefficient (Wildman–Crippen LogP) is -1.93. The van der Waals surface area contributed by atoms with Crippen LogP contribution in [0.25, 0.3) is 0 Å². The zero-order chi connectivity index (χ0) is 15.6. The van der Waals surface area contributed by atoms with Gasteiger partial charge in [0.1, 0.15) is 18.3 Å². The maximum absolute atomic E-state index is 12.2. The molecule has 2 heterocycles. The normalized spacial score (nSPS) is 39.0. The maximum atomic E-state index is 12.2. The summed E-state index contributed by atoms with van der Waals surface area (Å²) in [7, 11) is 0. The lowest BCUT2D eigenvalue weighted by molar-refractivity contribution is -0.155. The Morgan fingerprint density at radius 3 is 2.32 bits per heavy atom. The summed E-state index contributed by atoms with van der Waals surface area (Å²) in [4.78, 5) is 12.2. The number of nitrogens with one attached hydrogen (secondary N) is 1. The molecule has 1 aromatic rings. The van der Waals surface area contributed by atoms with E-state index in [1.54, 1.807) is 6.07 Å². The second kappa shape index (κ2) is 4.56. The van der Waals surface area contributed by atoms with Crippen molar-refractivity contribution in [3.8, 4) is 11.5 Å². The highest BCUT2D eigenvalue weighted by Gasteiger charge is 2.52. The fraction of sp³-hybridized carbons (Fsp3) is 0.500. The number of ether oxygens (including phenoxy) is 2. The van der Waals surface area contributed by atoms with E-state index in [1.165, 1.54) is 6.07 Å². The highest BCUT2D eigenvalue weighted by Crippen LogP contribution is 2.44. The number of hydrogen-bond acceptors (Lipinski definition) is 7. The zero-order valence-electron chi connectivity index (χ0n) is 11.3. The van der Waals surface area contributed by atoms with Gasteiger partial charge in [0, 0.05) is 11.5 Å². The van der Waals surface area contributed by atoms with Crippen molar-refractivity contribution in [2.24, 2.45) is 0 Å². The van der Waals surface area contributed by atoms with Gasteiger partial charge in [-0.2, -0.15) is 0 Å². The minimum atomic E-state index is -1.54. The van der Waals surface area contributed by atoms with Crippen molar-refractivity contribution < 1.29 is 34.7 Å². The lowest BCUT2D eigenvalue weighted by Crippen LogP contribution is -2.66. The summed E-state index contributed by atoms with van der Waals surface area (Å²) in [5.41, 5.74) is 0.746. The summed E-state index contributed by atoms with van der Waals surface area (Å²) in [6.07, 6.45) is -5.76. The van der Waals surface area contributed by atoms with Gasteiger partial charge in [0.25, 0.3) is 5.91 Å². The standard InChI is InChI=1S/C14H15NO7/c16-10-8-4-1-6-7(22-3-21-6)2-5(4)14(20)15-9(8)11(17)13(19)12(10)18/h1-2,8-13,16-19H,3H2,(H,15,20)/t8-,9+,10-,11-,12-,13-/m0/s1. The zero-order valence-corrected chi connectivity index (χ0v) is 11.3. The van der Waals surface area contributed by atoms with Crippen LogP contribution in [0.15, 0.2) is 12.1 Å². The molecule has 1 aliphatic carbocycles. The van der Waals surface area contributed by atoms with E-state index in [4.69, 9.17) is 9.47 Å². The third-order valence-electron chi connectivity index (χ3n) is 4.62. The number of aliphatic hydroxyl groups is 4. The Morgan fingerprint density at radius 1 is 0.955 bits per heavy atom. The second-order valence-electron chi connectivity index (χ2n) is 5.78. The van der Waals surface area contributed by atoms with Gasteiger partial charge < -0.3 is 35.2 Å². The quantitative estimate of drug-likeness (QED) is 0.377. The van der Waals surface area contributed by atoms with Gasteiger partial charge in [0.05, 0.1) is 12.1 Å². The average molecular weight is 309 g/mol. The number of fused-ring (bicyclic) bond motifs is 4. The van der Waals surface area contributed by atoms with Crippen LogP contribution in [0.4, 0.5) is 0 Å². The van der Waals surface area contributed by atoms with E-state index in [0.717, 1.165) is 0 Å². The molecule has 6 atom stereocenters. The lowest BCUT2D eigenvalue weighted by atomic mass is 9.70. The molecule has 1 fully saturated rings. The molecule has 0 aromatic heterocycles. The van der Waals surface area contributed by atoms with E-state index in [2.05, 4.69) is 5.32 Å². The van der Waals surface area contributed by atoms with Crippen LogP contribution in [0.1, 0.15) is 21.8 Å². The summed E-state index contributed by atoms with van der Waals surface area (Å²) < 4.78 is 10.5. The van der Waals surface area contributed by atoms with E-state index in [-0.39, 0.29) is 6.79 Å². The smallest absolute Gasteiger partial charge is 0.252 e. The van der Waals surface area contributed by atoms with Crippen LogP contribution in [0.3, 0.4) is 0 Å². The van der Waals surface area contributed by atoms with Gasteiger partial charge in [0.2, 0.25) is 6.79 Å². The van der Waals surface area contributed by atoms with Crippen molar-refractivity contribution in [1.82, 2.24) is 5.32 Å². The molecule has 1 amide bonds. The number of carbonyl (C=O) groups excluding carboxylic acids is 1. The van der Waals surface area contributed by atoms with Crippen LogP contribution >= 0.6 is 0 Å². The van der Waals surface area contributed by atoms with Crippen molar-refractivity contribution in [2.75, 3.05) is 6.79 Å². The largest absolute Gasteiger partial charge is 0.454 e. The molecule has 5 N–H and O–H groups in total. The van der Waals surface area contributed by atoms with Crippen LogP contribution in [0.2, 0.25) is 0 Å². The van der Waals surface area contributed by atoms with Gasteiger partial charge in [0.15, 0.2) is 11.5 Å². The number of rotatable bonds is 0. The third kappa shape index (κ3) is 1.69. The third-order valence-corrected chi connectivity index (χ3v) is 4.62. The number of amides is 1. The summed E-state index contributed by atoms with van der Waals surface area (Å²) in [6, 6.07) is 2.20. The minimum absolute atomic E-state index is 0.0421. The van der Waals surface area contributed by atoms with Crippen LogP contribution in [0.5, 0.6) is 11.5 Å². The van der Waals surface area contributed by atoms with Crippen molar-refractivity contribution in [2.45, 2.75) is 36.4 Å². The van der Waals surface area contributed by atoms with Crippen molar-refractivity contribution in [3.63, 3.8) is 0 Å². The van der Waals surface area contributed by atoms with E-state index < -0.39 is 42.3 Å². The fourth-order valence-corrected chi connectivity index (χ4v) is 3.47. The number of hydrogen-bond donors (Lipinski definition) is 5. The van der Waals surface area contributed by atoms with Gasteiger partial charge in [-0.3, -0.25) is 4.79 Å². The Balaban J connectivity index is 1.86. The van der Waals surface area contributed by atoms with Gasteiger partial charge in [-0.1, -0.05) is 0 Å². The van der Waals surface area contributed by atoms with E-state index in [1.807, 2.05) is 0 Å². The molecule has 0 unspecified atom stereocenters. The molecule has 2 aliphatic heterocycles. The molecule has 4 rings (SSSR count). The highest BCUT2D eigenvalue weighted by atomic mass is 16.7. The van der Waals surface area contributed by atoms with Gasteiger partial charge >= 0.3 is 0 Å². The Morgan fingerprint density at radius 2 is 1.59 bits per heavy atom. The van der Waals surface area contributed by atoms with Crippen LogP contribution in [0, 0.1) is 0 Å². The molecule has 22 heavy (non-hydrogen) atoms. The Labute approximate surface area is 124 Å². The first kappa shape index (κ1) is 13.8. The highest BCUT2D eigenvalue weighted by molar-refractivity contribution is 5.98. The predicted molar refractivity (Wildman–Crippen MR) is 70.6 cm³/mol. The summed E-state index contributed by atoms with van der Waals surface area (Å²) in [5.74, 6) is -0.326. The topological polar surface area (TPSA) is 128 Å². The summed E-state index contributed by atoms with van der Waals surface area (Å²) in [6.45, 7) is 0.0421. The van der Waals surface area contributed by atoms with Gasteiger partial charge in [-0.05, 0) is 17.7 Å². The first-order valence-corrected chi connectivity index (χ1v) is 6.95. The average Bonchev–Trinajstić information content (AvgIpc) is 2.96. The first-order valence-electron chi connectivity index (χ1n) is 6.95. The van der Waals surface area contributed by atoms with Crippen molar-refractivity contribution >= 4 is 5.91 Å². The molecule has 0 radical (unpaired) electrons. The molecule has 8 nitrogen and oxygen atoms in total. The second-order valence-corrected chi connectivity index (χ2v) is 5.78.